The van der Waals surface area contributed by atoms with Crippen molar-refractivity contribution in [1.82, 2.24) is 0 Å². The van der Waals surface area contributed by atoms with Gasteiger partial charge in [-0.25, -0.2) is 0 Å². The van der Waals surface area contributed by atoms with E-state index in [2.05, 4.69) is 79.8 Å². The first-order valence-electron chi connectivity index (χ1n) is 12.7. The van der Waals surface area contributed by atoms with E-state index < -0.39 is 0 Å². The second-order valence-corrected chi connectivity index (χ2v) is 10.5. The summed E-state index contributed by atoms with van der Waals surface area (Å²) in [7, 11) is 0. The third-order valence-corrected chi connectivity index (χ3v) is 7.79. The number of nitrogens with one attached hydrogen (secondary N) is 1. The van der Waals surface area contributed by atoms with Gasteiger partial charge in [0.15, 0.2) is 0 Å². The topological polar surface area (TPSA) is 46.8 Å². The van der Waals surface area contributed by atoms with Gasteiger partial charge in [-0.1, -0.05) is 54.2 Å². The van der Waals surface area contributed by atoms with Crippen LogP contribution in [0.15, 0.2) is 133 Å². The summed E-state index contributed by atoms with van der Waals surface area (Å²) < 4.78 is 12.4. The van der Waals surface area contributed by atoms with Gasteiger partial charge in [0.1, 0.15) is 23.0 Å². The number of nitrogens with zero attached hydrogens (tertiary/aromatic N) is 1. The molecule has 0 radical (unpaired) electrons. The fourth-order valence-electron chi connectivity index (χ4n) is 4.61. The first-order chi connectivity index (χ1) is 18.5. The number of hydrogen-bond acceptors (Lipinski definition) is 5. The van der Waals surface area contributed by atoms with Crippen molar-refractivity contribution in [2.75, 3.05) is 5.32 Å². The van der Waals surface area contributed by atoms with E-state index in [9.17, 15) is 0 Å². The molecule has 6 rings (SSSR count). The second kappa shape index (κ2) is 10.3. The zero-order valence-corrected chi connectivity index (χ0v) is 22.4. The molecule has 0 saturated heterocycles. The minimum atomic E-state index is 0.634. The Morgan fingerprint density at radius 1 is 0.947 bits per heavy atom. The summed E-state index contributed by atoms with van der Waals surface area (Å²) in [6.45, 7) is 6.86. The third kappa shape index (κ3) is 5.11. The lowest BCUT2D eigenvalue weighted by Gasteiger charge is -2.17. The zero-order valence-electron chi connectivity index (χ0n) is 21.6. The highest BCUT2D eigenvalue weighted by Crippen LogP contribution is 2.43. The smallest absolute Gasteiger partial charge is 0.137 e. The van der Waals surface area contributed by atoms with E-state index >= 15 is 0 Å². The molecule has 2 aromatic carbocycles. The van der Waals surface area contributed by atoms with Crippen LogP contribution in [0.4, 0.5) is 5.69 Å². The summed E-state index contributed by atoms with van der Waals surface area (Å²) in [5.41, 5.74) is 6.84. The van der Waals surface area contributed by atoms with E-state index in [1.807, 2.05) is 43.3 Å². The lowest BCUT2D eigenvalue weighted by molar-refractivity contribution is 0.320. The van der Waals surface area contributed by atoms with Gasteiger partial charge in [-0.3, -0.25) is 4.99 Å². The molecule has 4 nitrogen and oxygen atoms in total. The molecular formula is C33H28N2O2S. The number of benzene rings is 3. The largest absolute Gasteiger partial charge is 0.462 e. The van der Waals surface area contributed by atoms with Crippen LogP contribution >= 0.6 is 11.8 Å². The van der Waals surface area contributed by atoms with Crippen molar-refractivity contribution in [2.45, 2.75) is 32.2 Å². The van der Waals surface area contributed by atoms with Crippen LogP contribution in [0.5, 0.6) is 0 Å². The Morgan fingerprint density at radius 2 is 1.76 bits per heavy atom. The molecule has 0 saturated carbocycles. The predicted molar refractivity (Wildman–Crippen MR) is 155 cm³/mol. The van der Waals surface area contributed by atoms with E-state index in [1.165, 1.54) is 16.0 Å². The van der Waals surface area contributed by atoms with Crippen LogP contribution in [0.25, 0.3) is 17.4 Å². The normalized spacial score (nSPS) is 17.6. The molecule has 0 aromatic heterocycles. The van der Waals surface area contributed by atoms with Crippen LogP contribution < -0.4 is 10.7 Å². The first kappa shape index (κ1) is 24.1. The van der Waals surface area contributed by atoms with Crippen LogP contribution in [0.3, 0.4) is 0 Å². The van der Waals surface area contributed by atoms with Gasteiger partial charge in [-0.05, 0) is 85.5 Å². The Labute approximate surface area is 227 Å². The SMILES string of the molecule is CC1=CC(C(C)=C2Nc3ccccc3S2)=CC(=Cc2cc(C)c3ccc(=NCc4ccccc4)cc-3o2)O1. The van der Waals surface area contributed by atoms with Gasteiger partial charge >= 0.3 is 0 Å². The average Bonchev–Trinajstić information content (AvgIpc) is 3.36. The molecule has 0 bridgehead atoms. The highest BCUT2D eigenvalue weighted by Gasteiger charge is 2.20. The van der Waals surface area contributed by atoms with E-state index in [4.69, 9.17) is 14.1 Å². The molecule has 188 valence electrons. The maximum Gasteiger partial charge on any atom is 0.137 e. The maximum atomic E-state index is 6.32. The monoisotopic (exact) mass is 516 g/mol. The van der Waals surface area contributed by atoms with Crippen molar-refractivity contribution in [1.29, 1.82) is 0 Å². The zero-order chi connectivity index (χ0) is 26.1. The highest BCUT2D eigenvalue weighted by atomic mass is 32.2. The van der Waals surface area contributed by atoms with Crippen LogP contribution in [0.1, 0.15) is 30.7 Å². The molecule has 38 heavy (non-hydrogen) atoms. The number of thioether (sulfide) groups is 1. The highest BCUT2D eigenvalue weighted by molar-refractivity contribution is 8.03. The number of hydrogen-bond donors (Lipinski definition) is 1. The van der Waals surface area contributed by atoms with Gasteiger partial charge in [0.2, 0.25) is 0 Å². The lowest BCUT2D eigenvalue weighted by atomic mass is 10.0. The fourth-order valence-corrected chi connectivity index (χ4v) is 5.64. The number of rotatable bonds is 4. The summed E-state index contributed by atoms with van der Waals surface area (Å²) in [5, 5.41) is 5.59. The van der Waals surface area contributed by atoms with Crippen molar-refractivity contribution in [3.05, 3.63) is 141 Å². The third-order valence-electron chi connectivity index (χ3n) is 6.60. The van der Waals surface area contributed by atoms with E-state index in [-0.39, 0.29) is 0 Å². The quantitative estimate of drug-likeness (QED) is 0.296. The summed E-state index contributed by atoms with van der Waals surface area (Å²) in [6, 6.07) is 26.8. The van der Waals surface area contributed by atoms with E-state index in [0.717, 1.165) is 55.8 Å². The molecule has 3 heterocycles. The van der Waals surface area contributed by atoms with Gasteiger partial charge in [-0.2, -0.15) is 0 Å². The molecule has 0 atom stereocenters. The standard InChI is InChI=1S/C33H28N2O2S/c1-21-15-27(37-31-18-26(13-14-29(21)31)34-20-24-9-5-4-6-10-24)19-28-17-25(16-22(2)36-28)23(3)33-35-30-11-7-8-12-32(30)38-33/h4-19,35H,20H2,1-3H3. The Hall–Kier alpha value is -4.22. The Morgan fingerprint density at radius 3 is 2.61 bits per heavy atom. The second-order valence-electron chi connectivity index (χ2n) is 9.49. The minimum absolute atomic E-state index is 0.634. The molecule has 3 aliphatic heterocycles. The summed E-state index contributed by atoms with van der Waals surface area (Å²) in [5.74, 6) is 3.13. The average molecular weight is 517 g/mol. The van der Waals surface area contributed by atoms with Crippen LogP contribution in [0, 0.1) is 6.92 Å². The van der Waals surface area contributed by atoms with E-state index in [1.54, 1.807) is 11.8 Å². The summed E-state index contributed by atoms with van der Waals surface area (Å²) in [4.78, 5) is 6.01. The molecule has 1 aliphatic carbocycles. The number of allylic oxidation sites excluding steroid dienone is 5. The van der Waals surface area contributed by atoms with Crippen molar-refractivity contribution in [3.8, 4) is 11.3 Å². The van der Waals surface area contributed by atoms with Crippen LogP contribution in [-0.4, -0.2) is 0 Å². The molecule has 4 aliphatic rings. The van der Waals surface area contributed by atoms with E-state index in [0.29, 0.717) is 6.54 Å². The number of aryl methyl sites for hydroxylation is 1. The Bertz CT molecular complexity index is 1660. The first-order valence-corrected chi connectivity index (χ1v) is 13.5. The van der Waals surface area contributed by atoms with Gasteiger partial charge in [0.05, 0.1) is 22.6 Å². The molecule has 1 N–H and O–H groups in total. The fraction of sp³-hybridized carbons (Fsp3) is 0.121. The van der Waals surface area contributed by atoms with Gasteiger partial charge in [0, 0.05) is 22.6 Å². The van der Waals surface area contributed by atoms with Gasteiger partial charge < -0.3 is 14.5 Å². The molecule has 0 spiro atoms. The number of para-hydroxylation sites is 1. The van der Waals surface area contributed by atoms with Crippen molar-refractivity contribution in [3.63, 3.8) is 0 Å². The molecular weight excluding hydrogens is 488 g/mol. The van der Waals surface area contributed by atoms with Crippen molar-refractivity contribution >= 4 is 23.5 Å². The lowest BCUT2D eigenvalue weighted by Crippen LogP contribution is -2.04. The maximum absolute atomic E-state index is 6.32. The van der Waals surface area contributed by atoms with Crippen molar-refractivity contribution in [2.24, 2.45) is 4.99 Å². The van der Waals surface area contributed by atoms with Gasteiger partial charge in [-0.15, -0.1) is 0 Å². The molecule has 2 aromatic rings. The number of ether oxygens (including phenoxy) is 1. The van der Waals surface area contributed by atoms with Crippen LogP contribution in [-0.2, 0) is 11.3 Å². The minimum Gasteiger partial charge on any atom is -0.462 e. The number of anilines is 1. The molecule has 0 amide bonds. The number of fused-ring (bicyclic) bond motifs is 2. The van der Waals surface area contributed by atoms with Gasteiger partial charge in [0.25, 0.3) is 0 Å². The Balaban J connectivity index is 1.31. The molecule has 5 heteroatoms. The predicted octanol–water partition coefficient (Wildman–Crippen LogP) is 8.44. The summed E-state index contributed by atoms with van der Waals surface area (Å²) >= 11 is 1.76. The Kier molecular flexibility index (Phi) is 6.52. The van der Waals surface area contributed by atoms with Crippen LogP contribution in [0.2, 0.25) is 0 Å². The molecule has 0 fully saturated rings. The van der Waals surface area contributed by atoms with Crippen molar-refractivity contribution < 1.29 is 9.15 Å². The molecule has 0 unspecified atom stereocenters. The summed E-state index contributed by atoms with van der Waals surface area (Å²) in [6.07, 6.45) is 6.11.